The van der Waals surface area contributed by atoms with Gasteiger partial charge in [-0.05, 0) is 31.0 Å². The van der Waals surface area contributed by atoms with Crippen LogP contribution in [0.15, 0.2) is 24.3 Å². The van der Waals surface area contributed by atoms with E-state index in [1.165, 1.54) is 4.90 Å². The number of ether oxygens (including phenoxy) is 1. The summed E-state index contributed by atoms with van der Waals surface area (Å²) >= 11 is 0. The minimum Gasteiger partial charge on any atom is -0.399 e. The summed E-state index contributed by atoms with van der Waals surface area (Å²) in [5, 5.41) is 0. The molecule has 0 aliphatic heterocycles. The SMILES string of the molecule is CCOCCCC(=O)N(CC(N)=O)Cc1ccc(N)cc1. The predicted octanol–water partition coefficient (Wildman–Crippen LogP) is 0.899. The van der Waals surface area contributed by atoms with E-state index >= 15 is 0 Å². The van der Waals surface area contributed by atoms with Gasteiger partial charge in [0, 0.05) is 31.9 Å². The average molecular weight is 293 g/mol. The molecule has 6 heteroatoms. The molecule has 116 valence electrons. The lowest BCUT2D eigenvalue weighted by atomic mass is 10.2. The first kappa shape index (κ1) is 17.0. The van der Waals surface area contributed by atoms with Gasteiger partial charge in [0.2, 0.25) is 11.8 Å². The van der Waals surface area contributed by atoms with Crippen molar-refractivity contribution in [3.8, 4) is 0 Å². The molecular formula is C15H23N3O3. The van der Waals surface area contributed by atoms with E-state index in [4.69, 9.17) is 16.2 Å². The number of carbonyl (C=O) groups is 2. The third-order valence-electron chi connectivity index (χ3n) is 2.94. The van der Waals surface area contributed by atoms with Crippen LogP contribution in [0, 0.1) is 0 Å². The number of nitrogens with two attached hydrogens (primary N) is 2. The first-order chi connectivity index (χ1) is 10.0. The Morgan fingerprint density at radius 3 is 2.48 bits per heavy atom. The van der Waals surface area contributed by atoms with Crippen LogP contribution < -0.4 is 11.5 Å². The van der Waals surface area contributed by atoms with E-state index in [9.17, 15) is 9.59 Å². The lowest BCUT2D eigenvalue weighted by Gasteiger charge is -2.21. The molecule has 21 heavy (non-hydrogen) atoms. The molecule has 4 N–H and O–H groups in total. The van der Waals surface area contributed by atoms with E-state index in [0.717, 1.165) is 5.56 Å². The molecule has 0 aliphatic rings. The number of carbonyl (C=O) groups excluding carboxylic acids is 2. The topological polar surface area (TPSA) is 98.6 Å². The van der Waals surface area contributed by atoms with E-state index in [0.29, 0.717) is 38.3 Å². The van der Waals surface area contributed by atoms with Crippen molar-refractivity contribution >= 4 is 17.5 Å². The molecule has 0 radical (unpaired) electrons. The Labute approximate surface area is 125 Å². The number of hydrogen-bond donors (Lipinski definition) is 2. The summed E-state index contributed by atoms with van der Waals surface area (Å²) in [4.78, 5) is 24.7. The van der Waals surface area contributed by atoms with E-state index in [1.54, 1.807) is 12.1 Å². The smallest absolute Gasteiger partial charge is 0.237 e. The van der Waals surface area contributed by atoms with Crippen molar-refractivity contribution in [2.75, 3.05) is 25.5 Å². The maximum Gasteiger partial charge on any atom is 0.237 e. The molecule has 0 unspecified atom stereocenters. The number of anilines is 1. The maximum atomic E-state index is 12.2. The summed E-state index contributed by atoms with van der Waals surface area (Å²) in [5.41, 5.74) is 12.4. The molecule has 0 aliphatic carbocycles. The second-order valence-corrected chi connectivity index (χ2v) is 4.76. The van der Waals surface area contributed by atoms with Gasteiger partial charge in [0.1, 0.15) is 0 Å². The first-order valence-corrected chi connectivity index (χ1v) is 7.01. The molecule has 0 bridgehead atoms. The van der Waals surface area contributed by atoms with Crippen LogP contribution in [0.4, 0.5) is 5.69 Å². The summed E-state index contributed by atoms with van der Waals surface area (Å²) < 4.78 is 5.20. The van der Waals surface area contributed by atoms with Gasteiger partial charge in [-0.1, -0.05) is 12.1 Å². The van der Waals surface area contributed by atoms with E-state index < -0.39 is 5.91 Å². The number of hydrogen-bond acceptors (Lipinski definition) is 4. The molecule has 0 atom stereocenters. The van der Waals surface area contributed by atoms with Crippen LogP contribution in [0.2, 0.25) is 0 Å². The Morgan fingerprint density at radius 2 is 1.90 bits per heavy atom. The molecular weight excluding hydrogens is 270 g/mol. The van der Waals surface area contributed by atoms with Gasteiger partial charge in [0.25, 0.3) is 0 Å². The largest absolute Gasteiger partial charge is 0.399 e. The molecule has 6 nitrogen and oxygen atoms in total. The Hall–Kier alpha value is -2.08. The normalized spacial score (nSPS) is 10.3. The highest BCUT2D eigenvalue weighted by atomic mass is 16.5. The third kappa shape index (κ3) is 6.76. The maximum absolute atomic E-state index is 12.2. The standard InChI is InChI=1S/C15H23N3O3/c1-2-21-9-3-4-15(20)18(11-14(17)19)10-12-5-7-13(16)8-6-12/h5-8H,2-4,9-11,16H2,1H3,(H2,17,19). The number of rotatable bonds is 9. The van der Waals surface area contributed by atoms with Crippen LogP contribution in [-0.2, 0) is 20.9 Å². The van der Waals surface area contributed by atoms with Crippen LogP contribution >= 0.6 is 0 Å². The summed E-state index contributed by atoms with van der Waals surface area (Å²) in [5.74, 6) is -0.631. The number of benzene rings is 1. The van der Waals surface area contributed by atoms with Gasteiger partial charge in [0.05, 0.1) is 6.54 Å². The van der Waals surface area contributed by atoms with E-state index in [-0.39, 0.29) is 12.5 Å². The van der Waals surface area contributed by atoms with Gasteiger partial charge in [-0.15, -0.1) is 0 Å². The molecule has 0 fully saturated rings. The Kier molecular flexibility index (Phi) is 7.25. The van der Waals surface area contributed by atoms with Crippen LogP contribution in [0.5, 0.6) is 0 Å². The molecule has 1 aromatic rings. The monoisotopic (exact) mass is 293 g/mol. The predicted molar refractivity (Wildman–Crippen MR) is 81.2 cm³/mol. The Bertz CT molecular complexity index is 460. The van der Waals surface area contributed by atoms with Gasteiger partial charge in [-0.25, -0.2) is 0 Å². The highest BCUT2D eigenvalue weighted by Gasteiger charge is 2.15. The zero-order chi connectivity index (χ0) is 15.7. The molecule has 1 rings (SSSR count). The highest BCUT2D eigenvalue weighted by Crippen LogP contribution is 2.10. The Balaban J connectivity index is 2.59. The molecule has 0 saturated carbocycles. The third-order valence-corrected chi connectivity index (χ3v) is 2.94. The Morgan fingerprint density at radius 1 is 1.24 bits per heavy atom. The number of nitrogen functional groups attached to an aromatic ring is 1. The number of primary amides is 1. The highest BCUT2D eigenvalue weighted by molar-refractivity contribution is 5.83. The van der Waals surface area contributed by atoms with Crippen LogP contribution in [0.25, 0.3) is 0 Å². The summed E-state index contributed by atoms with van der Waals surface area (Å²) in [6, 6.07) is 7.18. The second-order valence-electron chi connectivity index (χ2n) is 4.76. The van der Waals surface area contributed by atoms with Crippen LogP contribution in [0.3, 0.4) is 0 Å². The van der Waals surface area contributed by atoms with E-state index in [1.807, 2.05) is 19.1 Å². The number of amides is 2. The molecule has 0 saturated heterocycles. The van der Waals surface area contributed by atoms with Gasteiger partial charge in [-0.3, -0.25) is 9.59 Å². The van der Waals surface area contributed by atoms with Crippen molar-refractivity contribution in [3.63, 3.8) is 0 Å². The molecule has 1 aromatic carbocycles. The van der Waals surface area contributed by atoms with Gasteiger partial charge < -0.3 is 21.1 Å². The molecule has 2 amide bonds. The van der Waals surface area contributed by atoms with Crippen molar-refractivity contribution in [2.24, 2.45) is 5.73 Å². The van der Waals surface area contributed by atoms with Crippen molar-refractivity contribution in [1.29, 1.82) is 0 Å². The molecule has 0 spiro atoms. The summed E-state index contributed by atoms with van der Waals surface area (Å²) in [6.45, 7) is 3.33. The fourth-order valence-corrected chi connectivity index (χ4v) is 1.89. The number of nitrogens with zero attached hydrogens (tertiary/aromatic N) is 1. The minimum absolute atomic E-state index is 0.0855. The van der Waals surface area contributed by atoms with Gasteiger partial charge in [-0.2, -0.15) is 0 Å². The van der Waals surface area contributed by atoms with E-state index in [2.05, 4.69) is 0 Å². The average Bonchev–Trinajstić information content (AvgIpc) is 2.44. The van der Waals surface area contributed by atoms with Crippen LogP contribution in [0.1, 0.15) is 25.3 Å². The zero-order valence-corrected chi connectivity index (χ0v) is 12.4. The van der Waals surface area contributed by atoms with Gasteiger partial charge >= 0.3 is 0 Å². The fraction of sp³-hybridized carbons (Fsp3) is 0.467. The van der Waals surface area contributed by atoms with Crippen molar-refractivity contribution in [3.05, 3.63) is 29.8 Å². The minimum atomic E-state index is -0.524. The summed E-state index contributed by atoms with van der Waals surface area (Å²) in [6.07, 6.45) is 0.964. The van der Waals surface area contributed by atoms with Crippen molar-refractivity contribution < 1.29 is 14.3 Å². The first-order valence-electron chi connectivity index (χ1n) is 7.01. The molecule has 0 heterocycles. The van der Waals surface area contributed by atoms with Crippen LogP contribution in [-0.4, -0.2) is 36.5 Å². The van der Waals surface area contributed by atoms with Crippen molar-refractivity contribution in [1.82, 2.24) is 4.90 Å². The second kappa shape index (κ2) is 8.97. The van der Waals surface area contributed by atoms with Crippen molar-refractivity contribution in [2.45, 2.75) is 26.3 Å². The lowest BCUT2D eigenvalue weighted by Crippen LogP contribution is -2.38. The summed E-state index contributed by atoms with van der Waals surface area (Å²) in [7, 11) is 0. The van der Waals surface area contributed by atoms with Gasteiger partial charge in [0.15, 0.2) is 0 Å². The quantitative estimate of drug-likeness (QED) is 0.522. The zero-order valence-electron chi connectivity index (χ0n) is 12.4. The lowest BCUT2D eigenvalue weighted by molar-refractivity contribution is -0.136. The fourth-order valence-electron chi connectivity index (χ4n) is 1.89. The molecule has 0 aromatic heterocycles.